The summed E-state index contributed by atoms with van der Waals surface area (Å²) >= 11 is 6.76. The van der Waals surface area contributed by atoms with E-state index in [4.69, 9.17) is 12.2 Å². The van der Waals surface area contributed by atoms with E-state index in [1.165, 1.54) is 9.58 Å². The predicted octanol–water partition coefficient (Wildman–Crippen LogP) is 4.24. The number of nitrogens with zero attached hydrogens (tertiary/aromatic N) is 6. The third kappa shape index (κ3) is 4.41. The van der Waals surface area contributed by atoms with Crippen molar-refractivity contribution in [3.63, 3.8) is 0 Å². The Labute approximate surface area is 241 Å². The lowest BCUT2D eigenvalue weighted by molar-refractivity contribution is -0.113. The van der Waals surface area contributed by atoms with Crippen molar-refractivity contribution >= 4 is 51.8 Å². The second-order valence-corrected chi connectivity index (χ2v) is 11.5. The maximum atomic E-state index is 13.9. The lowest BCUT2D eigenvalue weighted by Gasteiger charge is -2.33. The van der Waals surface area contributed by atoms with E-state index in [0.29, 0.717) is 34.0 Å². The molecule has 5 rings (SSSR count). The van der Waals surface area contributed by atoms with Crippen molar-refractivity contribution in [2.75, 3.05) is 22.9 Å². The van der Waals surface area contributed by atoms with Gasteiger partial charge in [0.15, 0.2) is 4.32 Å². The molecule has 2 aliphatic heterocycles. The van der Waals surface area contributed by atoms with E-state index in [2.05, 4.69) is 11.0 Å². The fourth-order valence-corrected chi connectivity index (χ4v) is 6.74. The van der Waals surface area contributed by atoms with Gasteiger partial charge >= 0.3 is 0 Å². The molecule has 4 heterocycles. The topological polar surface area (TPSA) is 96.3 Å². The molecule has 11 heteroatoms. The Kier molecular flexibility index (Phi) is 7.57. The number of thiocarbonyl (C=S) groups is 1. The summed E-state index contributed by atoms with van der Waals surface area (Å²) in [6.45, 7) is 7.38. The van der Waals surface area contributed by atoms with Gasteiger partial charge in [0.1, 0.15) is 23.1 Å². The van der Waals surface area contributed by atoms with E-state index >= 15 is 0 Å². The highest BCUT2D eigenvalue weighted by Crippen LogP contribution is 2.38. The van der Waals surface area contributed by atoms with Crippen molar-refractivity contribution < 1.29 is 4.79 Å². The maximum absolute atomic E-state index is 13.9. The van der Waals surface area contributed by atoms with Crippen molar-refractivity contribution in [1.82, 2.24) is 13.9 Å². The Morgan fingerprint density at radius 3 is 2.35 bits per heavy atom. The SMILES string of the molecule is CCn1c(N2CCCCC2)c(/C=C2\SC(=S)N(c3c(C)n(C)n(-c4ccccc4)c3=O)C2=O)c(C)c(C#N)c1=O. The summed E-state index contributed by atoms with van der Waals surface area (Å²) in [5.74, 6) is 0.314. The Morgan fingerprint density at radius 2 is 1.73 bits per heavy atom. The molecule has 0 saturated carbocycles. The monoisotopic (exact) mass is 574 g/mol. The van der Waals surface area contributed by atoms with Gasteiger partial charge < -0.3 is 4.90 Å². The number of pyridine rings is 1. The zero-order chi connectivity index (χ0) is 28.7. The van der Waals surface area contributed by atoms with Crippen LogP contribution in [-0.4, -0.2) is 37.2 Å². The average Bonchev–Trinajstić information content (AvgIpc) is 3.35. The second-order valence-electron chi connectivity index (χ2n) is 9.87. The fraction of sp³-hybridized carbons (Fsp3) is 0.345. The van der Waals surface area contributed by atoms with Crippen molar-refractivity contribution in [3.05, 3.63) is 78.3 Å². The summed E-state index contributed by atoms with van der Waals surface area (Å²) in [7, 11) is 1.77. The highest BCUT2D eigenvalue weighted by Gasteiger charge is 2.38. The molecule has 0 N–H and O–H groups in total. The van der Waals surface area contributed by atoms with E-state index in [1.54, 1.807) is 36.2 Å². The van der Waals surface area contributed by atoms with Gasteiger partial charge in [-0.3, -0.25) is 28.5 Å². The minimum absolute atomic E-state index is 0.0639. The molecule has 206 valence electrons. The number of hydrogen-bond acceptors (Lipinski definition) is 7. The number of anilines is 2. The van der Waals surface area contributed by atoms with E-state index in [1.807, 2.05) is 37.3 Å². The standard InChI is InChI=1S/C29H30N6O3S2/c1-5-33-25(32-14-10-7-11-15-32)21(18(2)22(17-30)26(33)36)16-23-27(37)34(29(39)40-23)24-19(3)31(4)35(28(24)38)20-12-8-6-9-13-20/h6,8-9,12-13,16H,5,7,10-11,14-15H2,1-4H3/b23-16-. The smallest absolute Gasteiger partial charge is 0.296 e. The summed E-state index contributed by atoms with van der Waals surface area (Å²) in [6.07, 6.45) is 4.85. The molecule has 0 unspecified atom stereocenters. The molecular formula is C29H30N6O3S2. The van der Waals surface area contributed by atoms with Gasteiger partial charge in [-0.1, -0.05) is 42.2 Å². The number of carbonyl (C=O) groups excluding carboxylic acids is 1. The number of thioether (sulfide) groups is 1. The highest BCUT2D eigenvalue weighted by molar-refractivity contribution is 8.27. The Bertz CT molecular complexity index is 1720. The number of carbonyl (C=O) groups is 1. The van der Waals surface area contributed by atoms with Crippen molar-refractivity contribution in [3.8, 4) is 11.8 Å². The summed E-state index contributed by atoms with van der Waals surface area (Å²) in [6, 6.07) is 11.3. The number of benzene rings is 1. The van der Waals surface area contributed by atoms with Gasteiger partial charge in [0, 0.05) is 32.2 Å². The zero-order valence-electron chi connectivity index (χ0n) is 22.9. The van der Waals surface area contributed by atoms with Gasteiger partial charge in [0.2, 0.25) is 0 Å². The van der Waals surface area contributed by atoms with E-state index in [-0.39, 0.29) is 26.7 Å². The Balaban J connectivity index is 1.66. The molecule has 3 aromatic rings. The van der Waals surface area contributed by atoms with E-state index < -0.39 is 5.91 Å². The van der Waals surface area contributed by atoms with Crippen LogP contribution < -0.4 is 20.9 Å². The van der Waals surface area contributed by atoms with Crippen LogP contribution in [0.2, 0.25) is 0 Å². The number of aromatic nitrogens is 3. The number of hydrogen-bond donors (Lipinski definition) is 0. The lowest BCUT2D eigenvalue weighted by Crippen LogP contribution is -2.37. The number of piperidine rings is 1. The van der Waals surface area contributed by atoms with Crippen molar-refractivity contribution in [1.29, 1.82) is 5.26 Å². The van der Waals surface area contributed by atoms with E-state index in [0.717, 1.165) is 49.9 Å². The van der Waals surface area contributed by atoms with Crippen LogP contribution in [0.15, 0.2) is 44.8 Å². The molecule has 0 bridgehead atoms. The van der Waals surface area contributed by atoms with Gasteiger partial charge in [0.25, 0.3) is 17.0 Å². The first-order chi connectivity index (χ1) is 19.2. The molecule has 0 radical (unpaired) electrons. The van der Waals surface area contributed by atoms with Gasteiger partial charge in [-0.05, 0) is 63.8 Å². The highest BCUT2D eigenvalue weighted by atomic mass is 32.2. The molecule has 0 atom stereocenters. The summed E-state index contributed by atoms with van der Waals surface area (Å²) in [4.78, 5) is 44.6. The van der Waals surface area contributed by atoms with Crippen LogP contribution in [0.25, 0.3) is 11.8 Å². The Morgan fingerprint density at radius 1 is 1.05 bits per heavy atom. The fourth-order valence-electron chi connectivity index (χ4n) is 5.49. The van der Waals surface area contributed by atoms with Gasteiger partial charge in [-0.2, -0.15) is 5.26 Å². The number of rotatable bonds is 5. The van der Waals surface area contributed by atoms with Crippen molar-refractivity contribution in [2.45, 2.75) is 46.6 Å². The number of amides is 1. The minimum atomic E-state index is -0.405. The number of nitriles is 1. The number of para-hydroxylation sites is 1. The van der Waals surface area contributed by atoms with Crippen LogP contribution in [0.5, 0.6) is 0 Å². The molecule has 0 aliphatic carbocycles. The maximum Gasteiger partial charge on any atom is 0.296 e. The molecule has 9 nitrogen and oxygen atoms in total. The van der Waals surface area contributed by atoms with Crippen LogP contribution in [-0.2, 0) is 18.4 Å². The second kappa shape index (κ2) is 10.9. The predicted molar refractivity (Wildman–Crippen MR) is 163 cm³/mol. The quantitative estimate of drug-likeness (QED) is 0.332. The molecular weight excluding hydrogens is 544 g/mol. The first-order valence-corrected chi connectivity index (χ1v) is 14.5. The molecule has 2 saturated heterocycles. The first-order valence-electron chi connectivity index (χ1n) is 13.3. The third-order valence-electron chi connectivity index (χ3n) is 7.63. The van der Waals surface area contributed by atoms with Crippen LogP contribution >= 0.6 is 24.0 Å². The van der Waals surface area contributed by atoms with Gasteiger partial charge in [-0.25, -0.2) is 4.68 Å². The third-order valence-corrected chi connectivity index (χ3v) is 8.94. The molecule has 2 aromatic heterocycles. The summed E-state index contributed by atoms with van der Waals surface area (Å²) in [5.41, 5.74) is 2.07. The Hall–Kier alpha value is -3.88. The zero-order valence-corrected chi connectivity index (χ0v) is 24.6. The van der Waals surface area contributed by atoms with Crippen LogP contribution in [0.1, 0.15) is 48.6 Å². The lowest BCUT2D eigenvalue weighted by atomic mass is 10.0. The molecule has 2 fully saturated rings. The molecule has 2 aliphatic rings. The molecule has 1 aromatic carbocycles. The summed E-state index contributed by atoms with van der Waals surface area (Å²) in [5, 5.41) is 9.84. The van der Waals surface area contributed by atoms with Crippen LogP contribution in [0.4, 0.5) is 11.5 Å². The average molecular weight is 575 g/mol. The van der Waals surface area contributed by atoms with Gasteiger partial charge in [-0.15, -0.1) is 0 Å². The van der Waals surface area contributed by atoms with E-state index in [9.17, 15) is 19.6 Å². The van der Waals surface area contributed by atoms with Crippen LogP contribution in [0.3, 0.4) is 0 Å². The van der Waals surface area contributed by atoms with Crippen molar-refractivity contribution in [2.24, 2.45) is 7.05 Å². The molecule has 0 spiro atoms. The molecule has 40 heavy (non-hydrogen) atoms. The molecule has 1 amide bonds. The normalized spacial score (nSPS) is 16.7. The largest absolute Gasteiger partial charge is 0.357 e. The minimum Gasteiger partial charge on any atom is -0.357 e. The van der Waals surface area contributed by atoms with Crippen LogP contribution in [0, 0.1) is 25.2 Å². The summed E-state index contributed by atoms with van der Waals surface area (Å²) < 4.78 is 5.11. The van der Waals surface area contributed by atoms with Gasteiger partial charge in [0.05, 0.1) is 16.3 Å². The first kappa shape index (κ1) is 27.7.